The summed E-state index contributed by atoms with van der Waals surface area (Å²) in [6, 6.07) is 0.288. The van der Waals surface area contributed by atoms with E-state index >= 15 is 0 Å². The van der Waals surface area contributed by atoms with E-state index in [2.05, 4.69) is 10.3 Å². The number of aryl methyl sites for hydroxylation is 3. The van der Waals surface area contributed by atoms with Crippen molar-refractivity contribution in [1.29, 1.82) is 0 Å². The van der Waals surface area contributed by atoms with Gasteiger partial charge in [-0.05, 0) is 26.7 Å². The van der Waals surface area contributed by atoms with E-state index < -0.39 is 0 Å². The number of furan rings is 1. The van der Waals surface area contributed by atoms with Crippen molar-refractivity contribution in [1.82, 2.24) is 14.9 Å². The molecule has 24 heavy (non-hydrogen) atoms. The van der Waals surface area contributed by atoms with Gasteiger partial charge in [-0.25, -0.2) is 4.98 Å². The Morgan fingerprint density at radius 1 is 1.29 bits per heavy atom. The summed E-state index contributed by atoms with van der Waals surface area (Å²) in [5, 5.41) is 3.62. The van der Waals surface area contributed by atoms with Crippen LogP contribution >= 0.6 is 0 Å². The molecule has 2 aromatic rings. The van der Waals surface area contributed by atoms with Gasteiger partial charge in [0.2, 0.25) is 11.6 Å². The lowest BCUT2D eigenvalue weighted by Gasteiger charge is -2.16. The summed E-state index contributed by atoms with van der Waals surface area (Å²) < 4.78 is 6.97. The second kappa shape index (κ2) is 7.20. The molecule has 0 saturated heterocycles. The minimum Gasteiger partial charge on any atom is -0.443 e. The minimum atomic E-state index is -0.142. The van der Waals surface area contributed by atoms with Crippen molar-refractivity contribution in [3.8, 4) is 0 Å². The third-order valence-corrected chi connectivity index (χ3v) is 4.96. The average Bonchev–Trinajstić information content (AvgIpc) is 2.73. The van der Waals surface area contributed by atoms with Gasteiger partial charge in [-0.15, -0.1) is 0 Å². The third-order valence-electron chi connectivity index (χ3n) is 4.96. The fourth-order valence-corrected chi connectivity index (χ4v) is 3.37. The molecule has 0 unspecified atom stereocenters. The van der Waals surface area contributed by atoms with Gasteiger partial charge in [0.05, 0.1) is 0 Å². The molecule has 0 radical (unpaired) electrons. The highest BCUT2D eigenvalue weighted by atomic mass is 16.3. The summed E-state index contributed by atoms with van der Waals surface area (Å²) in [6.07, 6.45) is 8.77. The van der Waals surface area contributed by atoms with E-state index in [-0.39, 0.29) is 17.5 Å². The topological polar surface area (TPSA) is 77.1 Å². The van der Waals surface area contributed by atoms with Crippen LogP contribution in [0.2, 0.25) is 0 Å². The van der Waals surface area contributed by atoms with Gasteiger partial charge in [-0.3, -0.25) is 14.2 Å². The molecular weight excluding hydrogens is 306 g/mol. The summed E-state index contributed by atoms with van der Waals surface area (Å²) in [5.74, 6) is 0.715. The Kier molecular flexibility index (Phi) is 5.02. The molecule has 0 aromatic carbocycles. The number of amides is 1. The van der Waals surface area contributed by atoms with Crippen molar-refractivity contribution < 1.29 is 9.21 Å². The normalized spacial score (nSPS) is 16.2. The van der Waals surface area contributed by atoms with Crippen molar-refractivity contribution >= 4 is 17.0 Å². The number of nitrogens with one attached hydrogen (secondary N) is 1. The van der Waals surface area contributed by atoms with Crippen molar-refractivity contribution in [2.45, 2.75) is 71.4 Å². The fraction of sp³-hybridized carbons (Fsp3) is 0.611. The maximum atomic E-state index is 12.5. The molecule has 130 valence electrons. The molecule has 0 aliphatic heterocycles. The van der Waals surface area contributed by atoms with Gasteiger partial charge < -0.3 is 9.73 Å². The van der Waals surface area contributed by atoms with Gasteiger partial charge in [0.25, 0.3) is 5.56 Å². The molecule has 0 atom stereocenters. The Hall–Kier alpha value is -2.11. The lowest BCUT2D eigenvalue weighted by atomic mass is 10.1. The summed E-state index contributed by atoms with van der Waals surface area (Å²) >= 11 is 0. The SMILES string of the molecule is Cc1oc2ncn(CCC(=O)NC3CCCCCC3)c(=O)c2c1C. The Balaban J connectivity index is 1.65. The highest BCUT2D eigenvalue weighted by Crippen LogP contribution is 2.19. The Labute approximate surface area is 141 Å². The average molecular weight is 331 g/mol. The molecule has 1 amide bonds. The van der Waals surface area contributed by atoms with Gasteiger partial charge in [-0.1, -0.05) is 25.7 Å². The van der Waals surface area contributed by atoms with Crippen molar-refractivity contribution in [2.24, 2.45) is 0 Å². The molecule has 2 aromatic heterocycles. The first-order chi connectivity index (χ1) is 11.6. The number of fused-ring (bicyclic) bond motifs is 1. The minimum absolute atomic E-state index is 0.00833. The summed E-state index contributed by atoms with van der Waals surface area (Å²) in [4.78, 5) is 28.9. The standard InChI is InChI=1S/C18H25N3O3/c1-12-13(2)24-17-16(12)18(23)21(11-19-17)10-9-15(22)20-14-7-5-3-4-6-8-14/h11,14H,3-10H2,1-2H3,(H,20,22). The molecule has 0 spiro atoms. The Morgan fingerprint density at radius 2 is 2.00 bits per heavy atom. The van der Waals surface area contributed by atoms with Crippen LogP contribution in [0.5, 0.6) is 0 Å². The zero-order chi connectivity index (χ0) is 17.1. The lowest BCUT2D eigenvalue weighted by Crippen LogP contribution is -2.35. The first-order valence-electron chi connectivity index (χ1n) is 8.81. The first kappa shape index (κ1) is 16.7. The molecule has 6 nitrogen and oxygen atoms in total. The van der Waals surface area contributed by atoms with E-state index in [1.54, 1.807) is 0 Å². The van der Waals surface area contributed by atoms with Crippen LogP contribution in [0.1, 0.15) is 56.3 Å². The second-order valence-corrected chi connectivity index (χ2v) is 6.71. The van der Waals surface area contributed by atoms with E-state index in [0.29, 0.717) is 29.8 Å². The van der Waals surface area contributed by atoms with Crippen molar-refractivity contribution in [2.75, 3.05) is 0 Å². The smallest absolute Gasteiger partial charge is 0.264 e. The van der Waals surface area contributed by atoms with Crippen LogP contribution in [-0.2, 0) is 11.3 Å². The maximum absolute atomic E-state index is 12.5. The van der Waals surface area contributed by atoms with Crippen LogP contribution in [0.15, 0.2) is 15.5 Å². The largest absolute Gasteiger partial charge is 0.443 e. The predicted molar refractivity (Wildman–Crippen MR) is 92.0 cm³/mol. The number of hydrogen-bond acceptors (Lipinski definition) is 4. The van der Waals surface area contributed by atoms with Crippen LogP contribution in [-0.4, -0.2) is 21.5 Å². The lowest BCUT2D eigenvalue weighted by molar-refractivity contribution is -0.122. The number of aromatic nitrogens is 2. The monoisotopic (exact) mass is 331 g/mol. The maximum Gasteiger partial charge on any atom is 0.264 e. The van der Waals surface area contributed by atoms with E-state index in [1.165, 1.54) is 36.6 Å². The third kappa shape index (κ3) is 3.52. The zero-order valence-corrected chi connectivity index (χ0v) is 14.4. The summed E-state index contributed by atoms with van der Waals surface area (Å²) in [5.41, 5.74) is 1.05. The molecule has 1 N–H and O–H groups in total. The fourth-order valence-electron chi connectivity index (χ4n) is 3.37. The molecular formula is C18H25N3O3. The highest BCUT2D eigenvalue weighted by molar-refractivity contribution is 5.78. The summed E-state index contributed by atoms with van der Waals surface area (Å²) in [7, 11) is 0. The van der Waals surface area contributed by atoms with E-state index in [0.717, 1.165) is 18.4 Å². The quantitative estimate of drug-likeness (QED) is 0.874. The summed E-state index contributed by atoms with van der Waals surface area (Å²) in [6.45, 7) is 4.01. The first-order valence-corrected chi connectivity index (χ1v) is 8.81. The molecule has 1 saturated carbocycles. The Morgan fingerprint density at radius 3 is 2.71 bits per heavy atom. The van der Waals surface area contributed by atoms with Crippen molar-refractivity contribution in [3.05, 3.63) is 28.0 Å². The zero-order valence-electron chi connectivity index (χ0n) is 14.4. The van der Waals surface area contributed by atoms with Gasteiger partial charge in [-0.2, -0.15) is 0 Å². The van der Waals surface area contributed by atoms with Crippen LogP contribution in [0.25, 0.3) is 11.1 Å². The van der Waals surface area contributed by atoms with Crippen LogP contribution < -0.4 is 10.9 Å². The number of hydrogen-bond donors (Lipinski definition) is 1. The number of carbonyl (C=O) groups excluding carboxylic acids is 1. The predicted octanol–water partition coefficient (Wildman–Crippen LogP) is 2.84. The molecule has 6 heteroatoms. The molecule has 3 rings (SSSR count). The molecule has 2 heterocycles. The highest BCUT2D eigenvalue weighted by Gasteiger charge is 2.16. The molecule has 0 bridgehead atoms. The second-order valence-electron chi connectivity index (χ2n) is 6.71. The van der Waals surface area contributed by atoms with Gasteiger partial charge in [0.1, 0.15) is 17.5 Å². The van der Waals surface area contributed by atoms with Gasteiger partial charge in [0.15, 0.2) is 0 Å². The van der Waals surface area contributed by atoms with Crippen LogP contribution in [0.4, 0.5) is 0 Å². The van der Waals surface area contributed by atoms with E-state index in [4.69, 9.17) is 4.42 Å². The Bertz CT molecular complexity index is 783. The van der Waals surface area contributed by atoms with Gasteiger partial charge >= 0.3 is 0 Å². The molecule has 1 aliphatic carbocycles. The number of rotatable bonds is 4. The van der Waals surface area contributed by atoms with Crippen LogP contribution in [0, 0.1) is 13.8 Å². The number of carbonyl (C=O) groups is 1. The van der Waals surface area contributed by atoms with Gasteiger partial charge in [0, 0.05) is 24.6 Å². The van der Waals surface area contributed by atoms with Crippen LogP contribution in [0.3, 0.4) is 0 Å². The molecule has 1 aliphatic rings. The number of nitrogens with zero attached hydrogens (tertiary/aromatic N) is 2. The molecule has 1 fully saturated rings. The van der Waals surface area contributed by atoms with Crippen molar-refractivity contribution in [3.63, 3.8) is 0 Å². The van der Waals surface area contributed by atoms with E-state index in [1.807, 2.05) is 13.8 Å². The van der Waals surface area contributed by atoms with E-state index in [9.17, 15) is 9.59 Å².